The molecule has 0 spiro atoms. The molecule has 0 aliphatic heterocycles. The summed E-state index contributed by atoms with van der Waals surface area (Å²) in [6.07, 6.45) is 6.03. The smallest absolute Gasteiger partial charge is 0.0998 e. The summed E-state index contributed by atoms with van der Waals surface area (Å²) in [6, 6.07) is 41.3. The fourth-order valence-electron chi connectivity index (χ4n) is 7.41. The molecule has 0 radical (unpaired) electrons. The molecule has 1 N–H and O–H groups in total. The van der Waals surface area contributed by atoms with Crippen molar-refractivity contribution in [2.75, 3.05) is 0 Å². The lowest BCUT2D eigenvalue weighted by atomic mass is 9.82. The molecule has 47 heavy (non-hydrogen) atoms. The maximum Gasteiger partial charge on any atom is 0.0998 e. The zero-order valence-corrected chi connectivity index (χ0v) is 25.5. The molecule has 0 saturated carbocycles. The number of rotatable bonds is 4. The van der Waals surface area contributed by atoms with Gasteiger partial charge in [-0.1, -0.05) is 104 Å². The van der Waals surface area contributed by atoms with Crippen LogP contribution < -0.4 is 0 Å². The van der Waals surface area contributed by atoms with Crippen molar-refractivity contribution in [3.8, 4) is 29.3 Å². The summed E-state index contributed by atoms with van der Waals surface area (Å²) in [6.45, 7) is 2.14. The molecule has 0 bridgehead atoms. The molecule has 2 unspecified atom stereocenters. The molecule has 0 aromatic heterocycles. The number of hydrogen-bond donors (Lipinski definition) is 1. The first kappa shape index (κ1) is 28.0. The van der Waals surface area contributed by atoms with Crippen molar-refractivity contribution in [2.24, 2.45) is 5.92 Å². The normalized spacial score (nSPS) is 17.7. The second kappa shape index (κ2) is 10.8. The van der Waals surface area contributed by atoms with Gasteiger partial charge in [0.1, 0.15) is 0 Å². The van der Waals surface area contributed by atoms with Crippen molar-refractivity contribution in [1.29, 1.82) is 21.2 Å². The average Bonchev–Trinajstić information content (AvgIpc) is 3.60. The van der Waals surface area contributed by atoms with E-state index in [-0.39, 0.29) is 11.8 Å². The first-order valence-corrected chi connectivity index (χ1v) is 15.6. The summed E-state index contributed by atoms with van der Waals surface area (Å²) in [5.41, 5.74) is 13.6. The Morgan fingerprint density at radius 1 is 0.596 bits per heavy atom. The first-order valence-electron chi connectivity index (χ1n) is 15.6. The standard InChI is InChI=1S/C43H26N4/c1-25-21-27(23-45)7-19-34(25)30-12-16-32(17-13-30)38-41-36-4-2-3-35-33(24-46)18-20-37(40(35)36)42(41)39(43(38)47)31-14-10-29(11-15-31)28-8-5-26(22-44)6-9-28/h2-21,25,34,47H,1H3. The van der Waals surface area contributed by atoms with Gasteiger partial charge >= 0.3 is 0 Å². The molecule has 4 heteroatoms. The van der Waals surface area contributed by atoms with Gasteiger partial charge in [-0.2, -0.15) is 15.8 Å². The summed E-state index contributed by atoms with van der Waals surface area (Å²) >= 11 is 0. The van der Waals surface area contributed by atoms with Crippen LogP contribution in [0, 0.1) is 45.3 Å². The van der Waals surface area contributed by atoms with Crippen molar-refractivity contribution in [2.45, 2.75) is 12.8 Å². The van der Waals surface area contributed by atoms with E-state index >= 15 is 0 Å². The Morgan fingerprint density at radius 3 is 1.79 bits per heavy atom. The fraction of sp³-hybridized carbons (Fsp3) is 0.0698. The minimum absolute atomic E-state index is 0.176. The number of hydrogen-bond acceptors (Lipinski definition) is 4. The SMILES string of the molecule is CC1C=C(C#N)C=CC1c1ccc(C2=C3C(=C(c4ccc(-c5ccc(C#N)cc5)cc4)C2=N)c2ccc(C#N)c4cccc3c24)cc1. The van der Waals surface area contributed by atoms with Crippen LogP contribution >= 0.6 is 0 Å². The van der Waals surface area contributed by atoms with E-state index in [1.54, 1.807) is 0 Å². The maximum absolute atomic E-state index is 9.92. The van der Waals surface area contributed by atoms with Gasteiger partial charge in [-0.25, -0.2) is 0 Å². The summed E-state index contributed by atoms with van der Waals surface area (Å²) in [7, 11) is 0. The number of nitrogens with zero attached hydrogens (tertiary/aromatic N) is 3. The predicted molar refractivity (Wildman–Crippen MR) is 188 cm³/mol. The van der Waals surface area contributed by atoms with Crippen LogP contribution in [0.25, 0.3) is 44.2 Å². The monoisotopic (exact) mass is 598 g/mol. The zero-order valence-electron chi connectivity index (χ0n) is 25.5. The van der Waals surface area contributed by atoms with Crippen LogP contribution in [-0.4, -0.2) is 5.71 Å². The van der Waals surface area contributed by atoms with Gasteiger partial charge in [0.25, 0.3) is 0 Å². The minimum Gasteiger partial charge on any atom is -0.300 e. The summed E-state index contributed by atoms with van der Waals surface area (Å²) in [5.74, 6) is 0.380. The quantitative estimate of drug-likeness (QED) is 0.223. The van der Waals surface area contributed by atoms with Crippen LogP contribution in [0.4, 0.5) is 0 Å². The Labute approximate surface area is 273 Å². The third kappa shape index (κ3) is 4.30. The van der Waals surface area contributed by atoms with Crippen molar-refractivity contribution < 1.29 is 0 Å². The highest BCUT2D eigenvalue weighted by Crippen LogP contribution is 2.57. The van der Waals surface area contributed by atoms with Crippen molar-refractivity contribution in [3.63, 3.8) is 0 Å². The van der Waals surface area contributed by atoms with Crippen molar-refractivity contribution >= 4 is 38.8 Å². The van der Waals surface area contributed by atoms with E-state index in [4.69, 9.17) is 0 Å². The summed E-state index contributed by atoms with van der Waals surface area (Å²) in [4.78, 5) is 0. The van der Waals surface area contributed by atoms with Gasteiger partial charge < -0.3 is 0 Å². The Morgan fingerprint density at radius 2 is 1.19 bits per heavy atom. The Bertz CT molecular complexity index is 2430. The molecule has 0 saturated heterocycles. The van der Waals surface area contributed by atoms with Gasteiger partial charge in [0.05, 0.1) is 35.0 Å². The van der Waals surface area contributed by atoms with Gasteiger partial charge in [-0.15, -0.1) is 0 Å². The summed E-state index contributed by atoms with van der Waals surface area (Å²) < 4.78 is 0. The second-order valence-electron chi connectivity index (χ2n) is 12.2. The Balaban J connectivity index is 1.26. The minimum atomic E-state index is 0.176. The molecule has 0 fully saturated rings. The molecule has 3 aliphatic carbocycles. The largest absolute Gasteiger partial charge is 0.300 e. The summed E-state index contributed by atoms with van der Waals surface area (Å²) in [5, 5.41) is 40.1. The van der Waals surface area contributed by atoms with Crippen LogP contribution in [0.3, 0.4) is 0 Å². The lowest BCUT2D eigenvalue weighted by Crippen LogP contribution is -2.09. The van der Waals surface area contributed by atoms with Gasteiger partial charge in [-0.05, 0) is 74.5 Å². The number of nitrogens with one attached hydrogen (secondary N) is 1. The first-order chi connectivity index (χ1) is 23.0. The highest BCUT2D eigenvalue weighted by Gasteiger charge is 2.38. The second-order valence-corrected chi connectivity index (χ2v) is 12.2. The molecule has 0 heterocycles. The van der Waals surface area contributed by atoms with Crippen LogP contribution in [0.2, 0.25) is 0 Å². The number of allylic oxidation sites excluding steroid dienone is 8. The number of nitriles is 3. The van der Waals surface area contributed by atoms with E-state index in [1.165, 1.54) is 5.56 Å². The highest BCUT2D eigenvalue weighted by atomic mass is 14.5. The van der Waals surface area contributed by atoms with E-state index in [0.29, 0.717) is 22.4 Å². The molecule has 5 aromatic rings. The van der Waals surface area contributed by atoms with Gasteiger partial charge in [0.15, 0.2) is 0 Å². The molecular formula is C43H26N4. The topological polar surface area (TPSA) is 95.2 Å². The number of fused-ring (bicyclic) bond motifs is 3. The van der Waals surface area contributed by atoms with Crippen molar-refractivity contribution in [3.05, 3.63) is 166 Å². The van der Waals surface area contributed by atoms with Gasteiger partial charge in [-0.3, -0.25) is 5.41 Å². The van der Waals surface area contributed by atoms with E-state index < -0.39 is 0 Å². The molecule has 8 rings (SSSR count). The molecule has 2 atom stereocenters. The van der Waals surface area contributed by atoms with Crippen LogP contribution in [0.5, 0.6) is 0 Å². The van der Waals surface area contributed by atoms with E-state index in [9.17, 15) is 21.2 Å². The molecule has 3 aliphatic rings. The van der Waals surface area contributed by atoms with Gasteiger partial charge in [0.2, 0.25) is 0 Å². The molecule has 4 nitrogen and oxygen atoms in total. The molecule has 5 aromatic carbocycles. The van der Waals surface area contributed by atoms with E-state index in [1.807, 2.05) is 60.7 Å². The predicted octanol–water partition coefficient (Wildman–Crippen LogP) is 9.86. The lowest BCUT2D eigenvalue weighted by molar-refractivity contribution is 0.632. The lowest BCUT2D eigenvalue weighted by Gasteiger charge is -2.22. The van der Waals surface area contributed by atoms with Gasteiger partial charge in [0, 0.05) is 39.2 Å². The fourth-order valence-corrected chi connectivity index (χ4v) is 7.41. The van der Waals surface area contributed by atoms with Crippen LogP contribution in [0.15, 0.2) is 127 Å². The van der Waals surface area contributed by atoms with Crippen LogP contribution in [-0.2, 0) is 0 Å². The maximum atomic E-state index is 9.92. The third-order valence-corrected chi connectivity index (χ3v) is 9.68. The van der Waals surface area contributed by atoms with Crippen LogP contribution in [0.1, 0.15) is 51.8 Å². The Hall–Kier alpha value is -6.54. The Kier molecular flexibility index (Phi) is 6.44. The van der Waals surface area contributed by atoms with E-state index in [2.05, 4.69) is 85.8 Å². The highest BCUT2D eigenvalue weighted by molar-refractivity contribution is 6.62. The third-order valence-electron chi connectivity index (χ3n) is 9.68. The molecular weight excluding hydrogens is 573 g/mol. The molecule has 0 amide bonds. The molecule has 218 valence electrons. The number of benzene rings is 5. The van der Waals surface area contributed by atoms with Crippen molar-refractivity contribution in [1.82, 2.24) is 0 Å². The zero-order chi connectivity index (χ0) is 32.2. The van der Waals surface area contributed by atoms with E-state index in [0.717, 1.165) is 66.4 Å². The average molecular weight is 599 g/mol.